The van der Waals surface area contributed by atoms with E-state index in [1.165, 1.54) is 0 Å². The summed E-state index contributed by atoms with van der Waals surface area (Å²) in [6.45, 7) is 6.96. The van der Waals surface area contributed by atoms with Gasteiger partial charge in [-0.2, -0.15) is 0 Å². The van der Waals surface area contributed by atoms with Crippen LogP contribution in [-0.4, -0.2) is 47.4 Å². The summed E-state index contributed by atoms with van der Waals surface area (Å²) in [5.74, 6) is 0. The Morgan fingerprint density at radius 2 is 2.33 bits per heavy atom. The van der Waals surface area contributed by atoms with E-state index in [1.807, 2.05) is 0 Å². The number of likely N-dealkylation sites (N-methyl/N-ethyl adjacent to an activating group) is 1. The van der Waals surface area contributed by atoms with E-state index in [1.54, 1.807) is 11.3 Å². The second kappa shape index (κ2) is 6.45. The van der Waals surface area contributed by atoms with E-state index in [0.29, 0.717) is 12.1 Å². The average molecular weight is 270 g/mol. The number of aromatic nitrogens is 2. The van der Waals surface area contributed by atoms with Gasteiger partial charge < -0.3 is 10.1 Å². The molecule has 102 valence electrons. The number of nitrogens with zero attached hydrogens (tertiary/aromatic N) is 3. The Bertz CT molecular complexity index is 371. The van der Waals surface area contributed by atoms with Gasteiger partial charge >= 0.3 is 0 Å². The molecule has 0 aromatic carbocycles. The number of anilines is 1. The molecule has 1 aromatic rings. The Morgan fingerprint density at radius 1 is 1.50 bits per heavy atom. The van der Waals surface area contributed by atoms with Crippen LogP contribution in [0.1, 0.15) is 31.7 Å². The number of ether oxygens (including phenoxy) is 1. The third kappa shape index (κ3) is 3.40. The minimum absolute atomic E-state index is 0.320. The Labute approximate surface area is 113 Å². The van der Waals surface area contributed by atoms with Crippen LogP contribution in [0, 0.1) is 0 Å². The van der Waals surface area contributed by atoms with Crippen molar-refractivity contribution in [3.63, 3.8) is 0 Å². The van der Waals surface area contributed by atoms with Crippen molar-refractivity contribution in [2.24, 2.45) is 0 Å². The molecule has 1 fully saturated rings. The maximum atomic E-state index is 5.60. The van der Waals surface area contributed by atoms with Gasteiger partial charge in [-0.1, -0.05) is 18.3 Å². The minimum Gasteiger partial charge on any atom is -0.377 e. The molecule has 1 aromatic heterocycles. The summed E-state index contributed by atoms with van der Waals surface area (Å²) in [4.78, 5) is 2.32. The first-order valence-electron chi connectivity index (χ1n) is 6.58. The average Bonchev–Trinajstić information content (AvgIpc) is 2.95. The SMILES string of the molecule is CCCNc1nnc(CN(C)C2CCOC2C)s1. The third-order valence-electron chi connectivity index (χ3n) is 3.28. The second-order valence-corrected chi connectivity index (χ2v) is 5.84. The molecule has 1 aliphatic heterocycles. The molecule has 0 aliphatic carbocycles. The first-order valence-corrected chi connectivity index (χ1v) is 7.40. The monoisotopic (exact) mass is 270 g/mol. The summed E-state index contributed by atoms with van der Waals surface area (Å²) in [5.41, 5.74) is 0. The summed E-state index contributed by atoms with van der Waals surface area (Å²) < 4.78 is 5.60. The zero-order chi connectivity index (χ0) is 13.0. The van der Waals surface area contributed by atoms with Crippen LogP contribution >= 0.6 is 11.3 Å². The topological polar surface area (TPSA) is 50.3 Å². The Kier molecular flexibility index (Phi) is 4.91. The predicted octanol–water partition coefficient (Wildman–Crippen LogP) is 1.97. The van der Waals surface area contributed by atoms with E-state index in [9.17, 15) is 0 Å². The molecule has 6 heteroatoms. The molecule has 0 bridgehead atoms. The van der Waals surface area contributed by atoms with Crippen molar-refractivity contribution in [2.75, 3.05) is 25.5 Å². The lowest BCUT2D eigenvalue weighted by molar-refractivity contribution is 0.0813. The molecular formula is C12H22N4OS. The third-order valence-corrected chi connectivity index (χ3v) is 4.15. The van der Waals surface area contributed by atoms with Gasteiger partial charge in [-0.15, -0.1) is 10.2 Å². The number of nitrogens with one attached hydrogen (secondary N) is 1. The van der Waals surface area contributed by atoms with Crippen LogP contribution in [0.3, 0.4) is 0 Å². The van der Waals surface area contributed by atoms with Gasteiger partial charge in [0.05, 0.1) is 12.6 Å². The van der Waals surface area contributed by atoms with Gasteiger partial charge in [0.1, 0.15) is 5.01 Å². The van der Waals surface area contributed by atoms with Crippen molar-refractivity contribution in [1.29, 1.82) is 0 Å². The Morgan fingerprint density at radius 3 is 3.00 bits per heavy atom. The van der Waals surface area contributed by atoms with E-state index in [2.05, 4.69) is 41.3 Å². The summed E-state index contributed by atoms with van der Waals surface area (Å²) in [7, 11) is 2.14. The predicted molar refractivity (Wildman–Crippen MR) is 74.0 cm³/mol. The van der Waals surface area contributed by atoms with E-state index in [-0.39, 0.29) is 0 Å². The molecular weight excluding hydrogens is 248 g/mol. The minimum atomic E-state index is 0.320. The van der Waals surface area contributed by atoms with Crippen molar-refractivity contribution < 1.29 is 4.74 Å². The Balaban J connectivity index is 1.86. The highest BCUT2D eigenvalue weighted by Gasteiger charge is 2.28. The maximum Gasteiger partial charge on any atom is 0.205 e. The van der Waals surface area contributed by atoms with Crippen LogP contribution in [0.25, 0.3) is 0 Å². The van der Waals surface area contributed by atoms with E-state index >= 15 is 0 Å². The lowest BCUT2D eigenvalue weighted by atomic mass is 10.1. The maximum absolute atomic E-state index is 5.60. The number of hydrogen-bond acceptors (Lipinski definition) is 6. The fourth-order valence-corrected chi connectivity index (χ4v) is 3.08. The zero-order valence-corrected chi connectivity index (χ0v) is 12.2. The van der Waals surface area contributed by atoms with Crippen molar-refractivity contribution in [3.05, 3.63) is 5.01 Å². The van der Waals surface area contributed by atoms with Crippen LogP contribution in [-0.2, 0) is 11.3 Å². The first-order chi connectivity index (χ1) is 8.70. The van der Waals surface area contributed by atoms with Crippen LogP contribution in [0.15, 0.2) is 0 Å². The van der Waals surface area contributed by atoms with Crippen LogP contribution in [0.4, 0.5) is 5.13 Å². The molecule has 1 saturated heterocycles. The van der Waals surface area contributed by atoms with Crippen molar-refractivity contribution in [1.82, 2.24) is 15.1 Å². The highest BCUT2D eigenvalue weighted by atomic mass is 32.1. The molecule has 2 rings (SSSR count). The molecule has 0 amide bonds. The summed E-state index contributed by atoms with van der Waals surface area (Å²) in [6.07, 6.45) is 2.53. The molecule has 1 aliphatic rings. The molecule has 2 atom stereocenters. The largest absolute Gasteiger partial charge is 0.377 e. The molecule has 1 N–H and O–H groups in total. The molecule has 2 heterocycles. The molecule has 0 saturated carbocycles. The van der Waals surface area contributed by atoms with Gasteiger partial charge in [0.15, 0.2) is 0 Å². The molecule has 5 nitrogen and oxygen atoms in total. The van der Waals surface area contributed by atoms with Gasteiger partial charge in [0.25, 0.3) is 0 Å². The van der Waals surface area contributed by atoms with Crippen LogP contribution in [0.2, 0.25) is 0 Å². The fourth-order valence-electron chi connectivity index (χ4n) is 2.25. The normalized spacial score (nSPS) is 23.8. The standard InChI is InChI=1S/C12H22N4OS/c1-4-6-13-12-15-14-11(18-12)8-16(3)10-5-7-17-9(10)2/h9-10H,4-8H2,1-3H3,(H,13,15). The lowest BCUT2D eigenvalue weighted by Crippen LogP contribution is -2.36. The van der Waals surface area contributed by atoms with Crippen LogP contribution in [0.5, 0.6) is 0 Å². The van der Waals surface area contributed by atoms with E-state index in [4.69, 9.17) is 4.74 Å². The fraction of sp³-hybridized carbons (Fsp3) is 0.833. The van der Waals surface area contributed by atoms with Crippen molar-refractivity contribution in [2.45, 2.75) is 45.4 Å². The zero-order valence-electron chi connectivity index (χ0n) is 11.3. The van der Waals surface area contributed by atoms with Gasteiger partial charge in [0.2, 0.25) is 5.13 Å². The van der Waals surface area contributed by atoms with Crippen molar-refractivity contribution >= 4 is 16.5 Å². The molecule has 0 radical (unpaired) electrons. The van der Waals surface area contributed by atoms with Gasteiger partial charge in [0, 0.05) is 19.2 Å². The lowest BCUT2D eigenvalue weighted by Gasteiger charge is -2.25. The summed E-state index contributed by atoms with van der Waals surface area (Å²) in [5, 5.41) is 13.6. The quantitative estimate of drug-likeness (QED) is 0.856. The summed E-state index contributed by atoms with van der Waals surface area (Å²) in [6, 6.07) is 0.501. The number of hydrogen-bond donors (Lipinski definition) is 1. The molecule has 0 spiro atoms. The second-order valence-electron chi connectivity index (χ2n) is 4.77. The van der Waals surface area contributed by atoms with Crippen LogP contribution < -0.4 is 5.32 Å². The van der Waals surface area contributed by atoms with Gasteiger partial charge in [-0.3, -0.25) is 4.90 Å². The van der Waals surface area contributed by atoms with E-state index < -0.39 is 0 Å². The first kappa shape index (κ1) is 13.7. The molecule has 18 heavy (non-hydrogen) atoms. The highest BCUT2D eigenvalue weighted by molar-refractivity contribution is 7.15. The van der Waals surface area contributed by atoms with Gasteiger partial charge in [-0.25, -0.2) is 0 Å². The van der Waals surface area contributed by atoms with Gasteiger partial charge in [-0.05, 0) is 26.8 Å². The van der Waals surface area contributed by atoms with E-state index in [0.717, 1.165) is 42.7 Å². The smallest absolute Gasteiger partial charge is 0.205 e. The highest BCUT2D eigenvalue weighted by Crippen LogP contribution is 2.22. The molecule has 2 unspecified atom stereocenters. The summed E-state index contributed by atoms with van der Waals surface area (Å²) >= 11 is 1.65. The number of rotatable bonds is 6. The van der Waals surface area contributed by atoms with Crippen molar-refractivity contribution in [3.8, 4) is 0 Å². The Hall–Kier alpha value is -0.720.